The third-order valence-corrected chi connectivity index (χ3v) is 3.68. The van der Waals surface area contributed by atoms with E-state index in [0.717, 1.165) is 4.90 Å². The fourth-order valence-corrected chi connectivity index (χ4v) is 2.23. The van der Waals surface area contributed by atoms with Crippen molar-refractivity contribution >= 4 is 35.2 Å². The molecule has 0 aliphatic heterocycles. The van der Waals surface area contributed by atoms with Crippen molar-refractivity contribution in [1.82, 2.24) is 5.32 Å². The Bertz CT molecular complexity index is 448. The van der Waals surface area contributed by atoms with Crippen LogP contribution in [0.4, 0.5) is 0 Å². The van der Waals surface area contributed by atoms with Crippen LogP contribution in [0.1, 0.15) is 13.8 Å². The molecule has 0 heterocycles. The van der Waals surface area contributed by atoms with Crippen LogP contribution in [0, 0.1) is 5.92 Å². The lowest BCUT2D eigenvalue weighted by Crippen LogP contribution is -2.51. The predicted octanol–water partition coefficient (Wildman–Crippen LogP) is 1.32. The van der Waals surface area contributed by atoms with Crippen LogP contribution in [0.25, 0.3) is 0 Å². The second-order valence-corrected chi connectivity index (χ2v) is 5.84. The Morgan fingerprint density at radius 1 is 1.32 bits per heavy atom. The second-order valence-electron chi connectivity index (χ2n) is 4.35. The number of amides is 1. The van der Waals surface area contributed by atoms with E-state index >= 15 is 0 Å². The summed E-state index contributed by atoms with van der Waals surface area (Å²) in [6, 6.07) is 6.12. The Balaban J connectivity index is 2.47. The molecule has 0 aliphatic carbocycles. The van der Waals surface area contributed by atoms with E-state index in [4.69, 9.17) is 11.6 Å². The van der Waals surface area contributed by atoms with Crippen LogP contribution < -0.4 is 10.4 Å². The summed E-state index contributed by atoms with van der Waals surface area (Å²) in [5, 5.41) is 13.9. The number of halogens is 1. The number of nitrogens with one attached hydrogen (secondary N) is 1. The van der Waals surface area contributed by atoms with Gasteiger partial charge in [-0.2, -0.15) is 0 Å². The second kappa shape index (κ2) is 7.40. The van der Waals surface area contributed by atoms with Crippen LogP contribution in [0.2, 0.25) is 5.02 Å². The maximum atomic E-state index is 11.7. The van der Waals surface area contributed by atoms with E-state index in [-0.39, 0.29) is 17.6 Å². The van der Waals surface area contributed by atoms with E-state index in [0.29, 0.717) is 5.02 Å². The minimum Gasteiger partial charge on any atom is -0.548 e. The molecule has 0 saturated heterocycles. The van der Waals surface area contributed by atoms with Crippen LogP contribution in [0.5, 0.6) is 0 Å². The predicted molar refractivity (Wildman–Crippen MR) is 74.0 cm³/mol. The first-order valence-corrected chi connectivity index (χ1v) is 7.15. The van der Waals surface area contributed by atoms with E-state index in [2.05, 4.69) is 5.32 Å². The summed E-state index contributed by atoms with van der Waals surface area (Å²) in [6.45, 7) is 3.43. The van der Waals surface area contributed by atoms with E-state index in [1.54, 1.807) is 38.1 Å². The van der Waals surface area contributed by atoms with Crippen molar-refractivity contribution in [3.63, 3.8) is 0 Å². The number of carboxylic acids is 1. The minimum absolute atomic E-state index is 0.151. The largest absolute Gasteiger partial charge is 0.548 e. The normalized spacial score (nSPS) is 12.2. The summed E-state index contributed by atoms with van der Waals surface area (Å²) in [5.74, 6) is -1.66. The summed E-state index contributed by atoms with van der Waals surface area (Å²) in [5.41, 5.74) is 0. The molecule has 0 aliphatic rings. The van der Waals surface area contributed by atoms with E-state index in [1.165, 1.54) is 11.8 Å². The standard InChI is InChI=1S/C13H16ClNO3S/c1-8(2)12(13(17)18)15-11(16)7-19-10-5-3-9(14)4-6-10/h3-6,8,12H,7H2,1-2H3,(H,15,16)(H,17,18)/p-1/t12-/m0/s1. The smallest absolute Gasteiger partial charge is 0.230 e. The highest BCUT2D eigenvalue weighted by atomic mass is 35.5. The lowest BCUT2D eigenvalue weighted by molar-refractivity contribution is -0.309. The van der Waals surface area contributed by atoms with Crippen molar-refractivity contribution in [1.29, 1.82) is 0 Å². The fraction of sp³-hybridized carbons (Fsp3) is 0.385. The molecule has 1 aromatic rings. The molecule has 1 amide bonds. The monoisotopic (exact) mass is 300 g/mol. The number of hydrogen-bond acceptors (Lipinski definition) is 4. The minimum atomic E-state index is -1.26. The average Bonchev–Trinajstić information content (AvgIpc) is 2.34. The summed E-state index contributed by atoms with van der Waals surface area (Å²) >= 11 is 7.07. The van der Waals surface area contributed by atoms with Gasteiger partial charge < -0.3 is 15.2 Å². The molecule has 0 radical (unpaired) electrons. The average molecular weight is 301 g/mol. The lowest BCUT2D eigenvalue weighted by Gasteiger charge is -2.23. The van der Waals surface area contributed by atoms with Gasteiger partial charge in [-0.15, -0.1) is 11.8 Å². The lowest BCUT2D eigenvalue weighted by atomic mass is 10.1. The quantitative estimate of drug-likeness (QED) is 0.805. The number of hydrogen-bond donors (Lipinski definition) is 1. The van der Waals surface area contributed by atoms with Gasteiger partial charge in [0.05, 0.1) is 17.8 Å². The van der Waals surface area contributed by atoms with Crippen LogP contribution in [-0.2, 0) is 9.59 Å². The molecule has 0 aromatic heterocycles. The Kier molecular flexibility index (Phi) is 6.18. The molecule has 6 heteroatoms. The van der Waals surface area contributed by atoms with Crippen molar-refractivity contribution < 1.29 is 14.7 Å². The molecule has 0 bridgehead atoms. The van der Waals surface area contributed by atoms with Crippen molar-refractivity contribution in [3.8, 4) is 0 Å². The van der Waals surface area contributed by atoms with Crippen molar-refractivity contribution in [2.24, 2.45) is 5.92 Å². The molecular weight excluding hydrogens is 286 g/mol. The number of carbonyl (C=O) groups is 2. The summed E-state index contributed by atoms with van der Waals surface area (Å²) in [6.07, 6.45) is 0. The molecule has 1 atom stereocenters. The SMILES string of the molecule is CC(C)[C@H](NC(=O)CSc1ccc(Cl)cc1)C(=O)[O-]. The zero-order valence-electron chi connectivity index (χ0n) is 10.7. The first kappa shape index (κ1) is 15.9. The van der Waals surface area contributed by atoms with Crippen LogP contribution in [0.15, 0.2) is 29.2 Å². The highest BCUT2D eigenvalue weighted by molar-refractivity contribution is 8.00. The topological polar surface area (TPSA) is 69.2 Å². The van der Waals surface area contributed by atoms with E-state index < -0.39 is 12.0 Å². The molecule has 0 unspecified atom stereocenters. The van der Waals surface area contributed by atoms with Crippen molar-refractivity contribution in [3.05, 3.63) is 29.3 Å². The maximum absolute atomic E-state index is 11.7. The highest BCUT2D eigenvalue weighted by Crippen LogP contribution is 2.20. The number of carboxylic acid groups (broad SMARTS) is 1. The third-order valence-electron chi connectivity index (χ3n) is 2.42. The Morgan fingerprint density at radius 3 is 2.37 bits per heavy atom. The van der Waals surface area contributed by atoms with Crippen LogP contribution >= 0.6 is 23.4 Å². The van der Waals surface area contributed by atoms with Gasteiger partial charge in [0.2, 0.25) is 5.91 Å². The first-order valence-electron chi connectivity index (χ1n) is 5.78. The molecular formula is C13H15ClNO3S-. The summed E-state index contributed by atoms with van der Waals surface area (Å²) < 4.78 is 0. The molecule has 1 N–H and O–H groups in total. The zero-order valence-corrected chi connectivity index (χ0v) is 12.3. The third kappa shape index (κ3) is 5.53. The Morgan fingerprint density at radius 2 is 1.89 bits per heavy atom. The van der Waals surface area contributed by atoms with Crippen molar-refractivity contribution in [2.75, 3.05) is 5.75 Å². The molecule has 0 fully saturated rings. The molecule has 19 heavy (non-hydrogen) atoms. The molecule has 0 spiro atoms. The van der Waals surface area contributed by atoms with Gasteiger partial charge in [0.15, 0.2) is 0 Å². The van der Waals surface area contributed by atoms with E-state index in [1.807, 2.05) is 0 Å². The van der Waals surface area contributed by atoms with Crippen LogP contribution in [-0.4, -0.2) is 23.7 Å². The first-order chi connectivity index (χ1) is 8.90. The van der Waals surface area contributed by atoms with Crippen molar-refractivity contribution in [2.45, 2.75) is 24.8 Å². The molecule has 1 aromatic carbocycles. The molecule has 4 nitrogen and oxygen atoms in total. The van der Waals surface area contributed by atoms with Gasteiger partial charge in [-0.1, -0.05) is 25.4 Å². The number of benzene rings is 1. The number of rotatable bonds is 6. The van der Waals surface area contributed by atoms with Crippen LogP contribution in [0.3, 0.4) is 0 Å². The maximum Gasteiger partial charge on any atom is 0.230 e. The number of aliphatic carboxylic acids is 1. The van der Waals surface area contributed by atoms with E-state index in [9.17, 15) is 14.7 Å². The van der Waals surface area contributed by atoms with Gasteiger partial charge in [-0.05, 0) is 30.2 Å². The molecule has 0 saturated carbocycles. The summed E-state index contributed by atoms with van der Waals surface area (Å²) in [7, 11) is 0. The summed E-state index contributed by atoms with van der Waals surface area (Å²) in [4.78, 5) is 23.4. The van der Waals surface area contributed by atoms with Gasteiger partial charge in [0, 0.05) is 9.92 Å². The molecule has 104 valence electrons. The van der Waals surface area contributed by atoms with Gasteiger partial charge in [0.25, 0.3) is 0 Å². The Hall–Kier alpha value is -1.20. The van der Waals surface area contributed by atoms with Gasteiger partial charge in [-0.3, -0.25) is 4.79 Å². The number of carbonyl (C=O) groups excluding carboxylic acids is 2. The van der Waals surface area contributed by atoms with Gasteiger partial charge in [0.1, 0.15) is 0 Å². The van der Waals surface area contributed by atoms with Gasteiger partial charge in [-0.25, -0.2) is 0 Å². The Labute approximate surface area is 121 Å². The fourth-order valence-electron chi connectivity index (χ4n) is 1.39. The van der Waals surface area contributed by atoms with Gasteiger partial charge >= 0.3 is 0 Å². The highest BCUT2D eigenvalue weighted by Gasteiger charge is 2.17. The zero-order chi connectivity index (χ0) is 14.4. The molecule has 1 rings (SSSR count). The number of thioether (sulfide) groups is 1.